The van der Waals surface area contributed by atoms with E-state index in [0.717, 1.165) is 18.5 Å². The molecule has 1 aromatic heterocycles. The molecule has 1 aliphatic rings. The molecule has 1 heterocycles. The zero-order chi connectivity index (χ0) is 13.1. The Kier molecular flexibility index (Phi) is 4.23. The van der Waals surface area contributed by atoms with Crippen LogP contribution in [0, 0.1) is 12.8 Å². The average molecular weight is 267 g/mol. The standard InChI is InChI=1S/C14H19ClN2O/c1-9-4-3-5-11(8-9)17-14(18)12-7-6-10(2)16-13(12)15/h6-7,9,11H,3-5,8H2,1-2H3,(H,17,18). The number of aryl methyl sites for hydroxylation is 1. The van der Waals surface area contributed by atoms with Gasteiger partial charge in [0.05, 0.1) is 5.56 Å². The van der Waals surface area contributed by atoms with Crippen LogP contribution in [0.25, 0.3) is 0 Å². The normalized spacial score (nSPS) is 23.7. The van der Waals surface area contributed by atoms with Gasteiger partial charge >= 0.3 is 0 Å². The fraction of sp³-hybridized carbons (Fsp3) is 0.571. The summed E-state index contributed by atoms with van der Waals surface area (Å²) in [6, 6.07) is 3.83. The minimum atomic E-state index is -0.105. The average Bonchev–Trinajstić information content (AvgIpc) is 2.28. The van der Waals surface area contributed by atoms with E-state index in [1.165, 1.54) is 12.8 Å². The van der Waals surface area contributed by atoms with Gasteiger partial charge in [0.25, 0.3) is 5.91 Å². The number of amides is 1. The second-order valence-electron chi connectivity index (χ2n) is 5.23. The molecule has 1 amide bonds. The SMILES string of the molecule is Cc1ccc(C(=O)NC2CCCC(C)C2)c(Cl)n1. The van der Waals surface area contributed by atoms with Crippen molar-refractivity contribution in [3.63, 3.8) is 0 Å². The van der Waals surface area contributed by atoms with Crippen LogP contribution in [-0.4, -0.2) is 16.9 Å². The van der Waals surface area contributed by atoms with Crippen LogP contribution in [0.4, 0.5) is 0 Å². The molecule has 1 saturated carbocycles. The van der Waals surface area contributed by atoms with E-state index in [-0.39, 0.29) is 17.1 Å². The van der Waals surface area contributed by atoms with Crippen molar-refractivity contribution in [3.05, 3.63) is 28.5 Å². The van der Waals surface area contributed by atoms with Crippen LogP contribution in [0.2, 0.25) is 5.15 Å². The lowest BCUT2D eigenvalue weighted by Gasteiger charge is -2.27. The zero-order valence-electron chi connectivity index (χ0n) is 10.9. The number of aromatic nitrogens is 1. The minimum absolute atomic E-state index is 0.105. The molecule has 2 atom stereocenters. The number of nitrogens with one attached hydrogen (secondary N) is 1. The van der Waals surface area contributed by atoms with Crippen molar-refractivity contribution in [2.24, 2.45) is 5.92 Å². The molecule has 18 heavy (non-hydrogen) atoms. The summed E-state index contributed by atoms with van der Waals surface area (Å²) in [5.74, 6) is 0.585. The first-order valence-corrected chi connectivity index (χ1v) is 6.88. The topological polar surface area (TPSA) is 42.0 Å². The summed E-state index contributed by atoms with van der Waals surface area (Å²) in [6.07, 6.45) is 4.57. The summed E-state index contributed by atoms with van der Waals surface area (Å²) in [6.45, 7) is 4.09. The highest BCUT2D eigenvalue weighted by molar-refractivity contribution is 6.32. The summed E-state index contributed by atoms with van der Waals surface area (Å²) in [4.78, 5) is 16.2. The van der Waals surface area contributed by atoms with Crippen molar-refractivity contribution in [1.29, 1.82) is 0 Å². The van der Waals surface area contributed by atoms with E-state index in [2.05, 4.69) is 17.2 Å². The van der Waals surface area contributed by atoms with Gasteiger partial charge in [-0.1, -0.05) is 31.4 Å². The van der Waals surface area contributed by atoms with E-state index in [9.17, 15) is 4.79 Å². The predicted molar refractivity (Wildman–Crippen MR) is 72.9 cm³/mol. The number of nitrogens with zero attached hydrogens (tertiary/aromatic N) is 1. The molecule has 1 fully saturated rings. The van der Waals surface area contributed by atoms with Crippen molar-refractivity contribution < 1.29 is 4.79 Å². The molecule has 0 bridgehead atoms. The van der Waals surface area contributed by atoms with Gasteiger partial charge in [0.1, 0.15) is 5.15 Å². The highest BCUT2D eigenvalue weighted by Gasteiger charge is 2.22. The van der Waals surface area contributed by atoms with E-state index < -0.39 is 0 Å². The van der Waals surface area contributed by atoms with Crippen LogP contribution < -0.4 is 5.32 Å². The number of hydrogen-bond acceptors (Lipinski definition) is 2. The number of halogens is 1. The molecule has 3 nitrogen and oxygen atoms in total. The first kappa shape index (κ1) is 13.3. The lowest BCUT2D eigenvalue weighted by atomic mass is 9.87. The second-order valence-corrected chi connectivity index (χ2v) is 5.59. The molecule has 2 unspecified atom stereocenters. The number of carbonyl (C=O) groups is 1. The Morgan fingerprint density at radius 2 is 2.22 bits per heavy atom. The summed E-state index contributed by atoms with van der Waals surface area (Å²) in [5.41, 5.74) is 1.29. The summed E-state index contributed by atoms with van der Waals surface area (Å²) < 4.78 is 0. The van der Waals surface area contributed by atoms with Crippen molar-refractivity contribution in [1.82, 2.24) is 10.3 Å². The fourth-order valence-corrected chi connectivity index (χ4v) is 2.80. The predicted octanol–water partition coefficient (Wildman–Crippen LogP) is 3.35. The third-order valence-corrected chi connectivity index (χ3v) is 3.79. The Balaban J connectivity index is 2.03. The fourth-order valence-electron chi connectivity index (χ4n) is 2.52. The van der Waals surface area contributed by atoms with Gasteiger partial charge in [0, 0.05) is 11.7 Å². The molecule has 0 saturated heterocycles. The molecule has 1 N–H and O–H groups in total. The Bertz CT molecular complexity index is 447. The minimum Gasteiger partial charge on any atom is -0.349 e. The quantitative estimate of drug-likeness (QED) is 0.834. The molecule has 2 rings (SSSR count). The first-order valence-electron chi connectivity index (χ1n) is 6.50. The third-order valence-electron chi connectivity index (χ3n) is 3.50. The van der Waals surface area contributed by atoms with Gasteiger partial charge in [-0.25, -0.2) is 4.98 Å². The van der Waals surface area contributed by atoms with E-state index in [1.54, 1.807) is 6.07 Å². The number of hydrogen-bond donors (Lipinski definition) is 1. The molecule has 0 radical (unpaired) electrons. The maximum absolute atomic E-state index is 12.1. The number of rotatable bonds is 2. The Hall–Kier alpha value is -1.09. The van der Waals surface area contributed by atoms with Crippen molar-refractivity contribution in [3.8, 4) is 0 Å². The van der Waals surface area contributed by atoms with Crippen molar-refractivity contribution in [2.45, 2.75) is 45.6 Å². The second kappa shape index (κ2) is 5.70. The Labute approximate surface area is 113 Å². The van der Waals surface area contributed by atoms with E-state index in [0.29, 0.717) is 11.5 Å². The van der Waals surface area contributed by atoms with Crippen LogP contribution in [-0.2, 0) is 0 Å². The van der Waals surface area contributed by atoms with Gasteiger partial charge < -0.3 is 5.32 Å². The van der Waals surface area contributed by atoms with Crippen LogP contribution in [0.15, 0.2) is 12.1 Å². The summed E-state index contributed by atoms with van der Waals surface area (Å²) in [7, 11) is 0. The zero-order valence-corrected chi connectivity index (χ0v) is 11.6. The lowest BCUT2D eigenvalue weighted by Crippen LogP contribution is -2.38. The summed E-state index contributed by atoms with van der Waals surface area (Å²) >= 11 is 6.00. The van der Waals surface area contributed by atoms with Gasteiger partial charge in [-0.15, -0.1) is 0 Å². The maximum atomic E-state index is 12.1. The highest BCUT2D eigenvalue weighted by atomic mass is 35.5. The molecule has 0 aliphatic heterocycles. The van der Waals surface area contributed by atoms with Gasteiger partial charge in [0.15, 0.2) is 0 Å². The van der Waals surface area contributed by atoms with Crippen LogP contribution in [0.3, 0.4) is 0 Å². The molecule has 0 aromatic carbocycles. The highest BCUT2D eigenvalue weighted by Crippen LogP contribution is 2.24. The molecular weight excluding hydrogens is 248 g/mol. The van der Waals surface area contributed by atoms with E-state index in [1.807, 2.05) is 13.0 Å². The Morgan fingerprint density at radius 3 is 2.89 bits per heavy atom. The summed E-state index contributed by atoms with van der Waals surface area (Å²) in [5, 5.41) is 3.35. The van der Waals surface area contributed by atoms with Gasteiger partial charge in [-0.05, 0) is 37.8 Å². The molecule has 1 aliphatic carbocycles. The third kappa shape index (κ3) is 3.22. The Morgan fingerprint density at radius 1 is 1.44 bits per heavy atom. The molecule has 98 valence electrons. The van der Waals surface area contributed by atoms with Crippen LogP contribution in [0.5, 0.6) is 0 Å². The smallest absolute Gasteiger partial charge is 0.254 e. The van der Waals surface area contributed by atoms with Crippen molar-refractivity contribution in [2.75, 3.05) is 0 Å². The molecule has 1 aromatic rings. The molecular formula is C14H19ClN2O. The first-order chi connectivity index (χ1) is 8.56. The monoisotopic (exact) mass is 266 g/mol. The van der Waals surface area contributed by atoms with Gasteiger partial charge in [0.2, 0.25) is 0 Å². The van der Waals surface area contributed by atoms with Crippen LogP contribution >= 0.6 is 11.6 Å². The number of pyridine rings is 1. The molecule has 0 spiro atoms. The van der Waals surface area contributed by atoms with Gasteiger partial charge in [-0.3, -0.25) is 4.79 Å². The maximum Gasteiger partial charge on any atom is 0.254 e. The molecule has 4 heteroatoms. The van der Waals surface area contributed by atoms with Gasteiger partial charge in [-0.2, -0.15) is 0 Å². The van der Waals surface area contributed by atoms with Crippen molar-refractivity contribution >= 4 is 17.5 Å². The lowest BCUT2D eigenvalue weighted by molar-refractivity contribution is 0.0921. The van der Waals surface area contributed by atoms with Crippen LogP contribution in [0.1, 0.15) is 48.7 Å². The van der Waals surface area contributed by atoms with E-state index >= 15 is 0 Å². The largest absolute Gasteiger partial charge is 0.349 e. The van der Waals surface area contributed by atoms with E-state index in [4.69, 9.17) is 11.6 Å². The number of carbonyl (C=O) groups excluding carboxylic acids is 1.